The lowest BCUT2D eigenvalue weighted by atomic mass is 9.74. The molecule has 7 heteroatoms. The fourth-order valence-corrected chi connectivity index (χ4v) is 6.24. The highest BCUT2D eigenvalue weighted by molar-refractivity contribution is 7.90. The van der Waals surface area contributed by atoms with Gasteiger partial charge in [-0.3, -0.25) is 9.78 Å². The lowest BCUT2D eigenvalue weighted by molar-refractivity contribution is -0.139. The van der Waals surface area contributed by atoms with Crippen molar-refractivity contribution in [2.75, 3.05) is 19.6 Å². The van der Waals surface area contributed by atoms with E-state index < -0.39 is 10.0 Å². The van der Waals surface area contributed by atoms with Gasteiger partial charge in [0, 0.05) is 50.4 Å². The Morgan fingerprint density at radius 3 is 2.80 bits per heavy atom. The Hall–Kier alpha value is -1.47. The number of sulfonamides is 1. The van der Waals surface area contributed by atoms with E-state index in [1.165, 1.54) is 0 Å². The first-order valence-electron chi connectivity index (χ1n) is 9.14. The number of hydrogen-bond acceptors (Lipinski definition) is 4. The van der Waals surface area contributed by atoms with E-state index in [9.17, 15) is 13.2 Å². The Morgan fingerprint density at radius 2 is 2.08 bits per heavy atom. The molecule has 1 amide bonds. The maximum atomic E-state index is 12.6. The zero-order valence-corrected chi connectivity index (χ0v) is 15.2. The normalized spacial score (nSPS) is 28.5. The first-order chi connectivity index (χ1) is 12.0. The smallest absolute Gasteiger partial charge is 0.222 e. The van der Waals surface area contributed by atoms with Crippen molar-refractivity contribution in [3.05, 3.63) is 30.1 Å². The number of likely N-dealkylation sites (tertiary alicyclic amines) is 1. The second-order valence-corrected chi connectivity index (χ2v) is 10.0. The molecule has 0 bridgehead atoms. The number of aromatic nitrogens is 1. The molecule has 1 saturated carbocycles. The lowest BCUT2D eigenvalue weighted by Gasteiger charge is -2.47. The van der Waals surface area contributed by atoms with Gasteiger partial charge >= 0.3 is 0 Å². The van der Waals surface area contributed by atoms with E-state index in [0.717, 1.165) is 37.7 Å². The molecule has 0 unspecified atom stereocenters. The first-order valence-corrected chi connectivity index (χ1v) is 10.6. The molecule has 136 valence electrons. The highest BCUT2D eigenvalue weighted by Gasteiger charge is 2.47. The van der Waals surface area contributed by atoms with Crippen LogP contribution in [0.15, 0.2) is 24.5 Å². The molecule has 6 nitrogen and oxygen atoms in total. The molecule has 2 aliphatic heterocycles. The number of piperidine rings is 2. The van der Waals surface area contributed by atoms with Crippen LogP contribution < -0.4 is 0 Å². The van der Waals surface area contributed by atoms with E-state index >= 15 is 0 Å². The Morgan fingerprint density at radius 1 is 1.24 bits per heavy atom. The molecule has 3 aliphatic rings. The van der Waals surface area contributed by atoms with Gasteiger partial charge in [0.2, 0.25) is 15.9 Å². The molecule has 3 fully saturated rings. The lowest BCUT2D eigenvalue weighted by Crippen LogP contribution is -2.55. The van der Waals surface area contributed by atoms with Crippen molar-refractivity contribution in [1.29, 1.82) is 0 Å². The molecule has 0 radical (unpaired) electrons. The SMILES string of the molecule is O=C1CC[C@@]2(CCCN(S(=O)(=O)C3CC3)C2)CN1Cc1cccnc1. The van der Waals surface area contributed by atoms with E-state index in [1.807, 2.05) is 17.0 Å². The molecule has 1 aromatic heterocycles. The third-order valence-corrected chi connectivity index (χ3v) is 8.12. The van der Waals surface area contributed by atoms with Crippen molar-refractivity contribution in [3.63, 3.8) is 0 Å². The summed E-state index contributed by atoms with van der Waals surface area (Å²) in [6.45, 7) is 2.42. The van der Waals surface area contributed by atoms with Crippen LogP contribution in [-0.2, 0) is 21.4 Å². The molecular formula is C18H25N3O3S. The molecule has 1 aliphatic carbocycles. The summed E-state index contributed by atoms with van der Waals surface area (Å²) in [4.78, 5) is 18.4. The van der Waals surface area contributed by atoms with Gasteiger partial charge in [-0.15, -0.1) is 0 Å². The topological polar surface area (TPSA) is 70.6 Å². The Labute approximate surface area is 149 Å². The van der Waals surface area contributed by atoms with Crippen molar-refractivity contribution in [2.45, 2.75) is 50.3 Å². The summed E-state index contributed by atoms with van der Waals surface area (Å²) in [5.41, 5.74) is 0.933. The average Bonchev–Trinajstić information content (AvgIpc) is 3.45. The van der Waals surface area contributed by atoms with E-state index in [4.69, 9.17) is 0 Å². The Bertz CT molecular complexity index is 748. The van der Waals surface area contributed by atoms with Gasteiger partial charge in [-0.2, -0.15) is 0 Å². The van der Waals surface area contributed by atoms with Crippen LogP contribution in [0.5, 0.6) is 0 Å². The highest BCUT2D eigenvalue weighted by atomic mass is 32.2. The summed E-state index contributed by atoms with van der Waals surface area (Å²) in [5.74, 6) is 0.164. The molecule has 1 spiro atoms. The minimum absolute atomic E-state index is 0.0870. The summed E-state index contributed by atoms with van der Waals surface area (Å²) in [7, 11) is -3.13. The van der Waals surface area contributed by atoms with Gasteiger partial charge < -0.3 is 4.90 Å². The van der Waals surface area contributed by atoms with Crippen molar-refractivity contribution < 1.29 is 13.2 Å². The van der Waals surface area contributed by atoms with Crippen LogP contribution in [0.25, 0.3) is 0 Å². The predicted molar refractivity (Wildman–Crippen MR) is 94.1 cm³/mol. The summed E-state index contributed by atoms with van der Waals surface area (Å²) in [6, 6.07) is 3.86. The Balaban J connectivity index is 1.50. The first kappa shape index (κ1) is 17.0. The van der Waals surface area contributed by atoms with Crippen molar-refractivity contribution in [1.82, 2.24) is 14.2 Å². The molecule has 0 N–H and O–H groups in total. The van der Waals surface area contributed by atoms with Gasteiger partial charge in [0.25, 0.3) is 0 Å². The third kappa shape index (κ3) is 3.44. The summed E-state index contributed by atoms with van der Waals surface area (Å²) < 4.78 is 27.0. The number of carbonyl (C=O) groups is 1. The molecule has 3 heterocycles. The van der Waals surface area contributed by atoms with Crippen LogP contribution in [-0.4, -0.2) is 53.4 Å². The zero-order valence-electron chi connectivity index (χ0n) is 14.4. The van der Waals surface area contributed by atoms with Gasteiger partial charge in [-0.25, -0.2) is 12.7 Å². The fourth-order valence-electron chi connectivity index (χ4n) is 4.25. The Kier molecular flexibility index (Phi) is 4.32. The minimum Gasteiger partial charge on any atom is -0.338 e. The van der Waals surface area contributed by atoms with Crippen LogP contribution in [0.1, 0.15) is 44.1 Å². The highest BCUT2D eigenvalue weighted by Crippen LogP contribution is 2.42. The number of hydrogen-bond donors (Lipinski definition) is 0. The molecule has 0 aromatic carbocycles. The second-order valence-electron chi connectivity index (χ2n) is 7.79. The zero-order chi connectivity index (χ0) is 17.5. The number of carbonyl (C=O) groups excluding carboxylic acids is 1. The van der Waals surface area contributed by atoms with Crippen LogP contribution in [0, 0.1) is 5.41 Å². The minimum atomic E-state index is -3.13. The van der Waals surface area contributed by atoms with E-state index in [1.54, 1.807) is 16.7 Å². The van der Waals surface area contributed by atoms with Crippen LogP contribution in [0.2, 0.25) is 0 Å². The molecular weight excluding hydrogens is 338 g/mol. The monoisotopic (exact) mass is 363 g/mol. The van der Waals surface area contributed by atoms with Gasteiger partial charge in [0.05, 0.1) is 5.25 Å². The van der Waals surface area contributed by atoms with Crippen molar-refractivity contribution in [2.24, 2.45) is 5.41 Å². The molecule has 4 rings (SSSR count). The summed E-state index contributed by atoms with van der Waals surface area (Å²) >= 11 is 0. The van der Waals surface area contributed by atoms with Crippen LogP contribution >= 0.6 is 0 Å². The van der Waals surface area contributed by atoms with E-state index in [-0.39, 0.29) is 16.6 Å². The van der Waals surface area contributed by atoms with Crippen LogP contribution in [0.3, 0.4) is 0 Å². The maximum Gasteiger partial charge on any atom is 0.222 e. The molecule has 2 saturated heterocycles. The largest absolute Gasteiger partial charge is 0.338 e. The van der Waals surface area contributed by atoms with Crippen molar-refractivity contribution in [3.8, 4) is 0 Å². The number of amides is 1. The van der Waals surface area contributed by atoms with Gasteiger partial charge in [0.1, 0.15) is 0 Å². The van der Waals surface area contributed by atoms with Crippen molar-refractivity contribution >= 4 is 15.9 Å². The number of pyridine rings is 1. The summed E-state index contributed by atoms with van der Waals surface area (Å²) in [5, 5.41) is -0.153. The third-order valence-electron chi connectivity index (χ3n) is 5.78. The van der Waals surface area contributed by atoms with Crippen LogP contribution in [0.4, 0.5) is 0 Å². The van der Waals surface area contributed by atoms with Gasteiger partial charge in [-0.1, -0.05) is 6.07 Å². The van der Waals surface area contributed by atoms with Gasteiger partial charge in [0.15, 0.2) is 0 Å². The standard InChI is InChI=1S/C18H25N3O3S/c22-17-6-8-18(13-20(17)12-15-3-1-9-19-11-15)7-2-10-21(14-18)25(23,24)16-4-5-16/h1,3,9,11,16H,2,4-8,10,12-14H2/t18-/m0/s1. The number of rotatable bonds is 4. The van der Waals surface area contributed by atoms with E-state index in [2.05, 4.69) is 4.98 Å². The second kappa shape index (κ2) is 6.36. The predicted octanol–water partition coefficient (Wildman–Crippen LogP) is 1.78. The maximum absolute atomic E-state index is 12.6. The molecule has 1 aromatic rings. The molecule has 1 atom stereocenters. The summed E-state index contributed by atoms with van der Waals surface area (Å²) in [6.07, 6.45) is 8.32. The van der Waals surface area contributed by atoms with Gasteiger partial charge in [-0.05, 0) is 43.7 Å². The average molecular weight is 363 g/mol. The quantitative estimate of drug-likeness (QED) is 0.818. The number of nitrogens with zero attached hydrogens (tertiary/aromatic N) is 3. The van der Waals surface area contributed by atoms with E-state index in [0.29, 0.717) is 32.6 Å². The fraction of sp³-hybridized carbons (Fsp3) is 0.667. The molecule has 25 heavy (non-hydrogen) atoms.